The summed E-state index contributed by atoms with van der Waals surface area (Å²) in [5.74, 6) is -0.361. The Kier molecular flexibility index (Phi) is 5.56. The number of alkyl halides is 3. The van der Waals surface area contributed by atoms with Crippen molar-refractivity contribution in [1.29, 1.82) is 0 Å². The highest BCUT2D eigenvalue weighted by molar-refractivity contribution is 7.89. The molecular weight excluding hydrogens is 459 g/mol. The summed E-state index contributed by atoms with van der Waals surface area (Å²) in [5.41, 5.74) is 1.38. The number of sulfonamides is 1. The lowest BCUT2D eigenvalue weighted by Gasteiger charge is -2.35. The van der Waals surface area contributed by atoms with Crippen LogP contribution in [0.15, 0.2) is 64.9 Å². The molecule has 0 amide bonds. The molecule has 2 heterocycles. The largest absolute Gasteiger partial charge is 0.573 e. The number of halogens is 4. The highest BCUT2D eigenvalue weighted by Gasteiger charge is 2.38. The lowest BCUT2D eigenvalue weighted by molar-refractivity contribution is -0.274. The number of hydrogen-bond acceptors (Lipinski definition) is 4. The quantitative estimate of drug-likeness (QED) is 0.493. The number of rotatable bonds is 4. The normalized spacial score (nSPS) is 17.5. The maximum atomic E-state index is 13.4. The molecule has 1 aliphatic heterocycles. The van der Waals surface area contributed by atoms with Crippen LogP contribution in [0.1, 0.15) is 22.0 Å². The van der Waals surface area contributed by atoms with Crippen LogP contribution in [0.5, 0.6) is 5.75 Å². The van der Waals surface area contributed by atoms with Gasteiger partial charge in [0.25, 0.3) is 0 Å². The number of fused-ring (bicyclic) bond motifs is 1. The number of hydrogen-bond donors (Lipinski definition) is 0. The average Bonchev–Trinajstić information content (AvgIpc) is 3.16. The average molecular weight is 474 g/mol. The van der Waals surface area contributed by atoms with Crippen molar-refractivity contribution < 1.29 is 26.3 Å². The molecule has 10 heteroatoms. The Hall–Kier alpha value is -2.07. The van der Waals surface area contributed by atoms with Crippen molar-refractivity contribution in [2.75, 3.05) is 6.54 Å². The van der Waals surface area contributed by atoms with Crippen LogP contribution in [0.2, 0.25) is 5.02 Å². The second-order valence-corrected chi connectivity index (χ2v) is 9.97. The second kappa shape index (κ2) is 7.88. The maximum Gasteiger partial charge on any atom is 0.573 e. The molecule has 1 atom stereocenters. The molecule has 3 aromatic rings. The molecule has 0 saturated heterocycles. The van der Waals surface area contributed by atoms with E-state index < -0.39 is 22.4 Å². The van der Waals surface area contributed by atoms with Gasteiger partial charge in [-0.2, -0.15) is 4.31 Å². The number of nitrogens with zero attached hydrogens (tertiary/aromatic N) is 1. The highest BCUT2D eigenvalue weighted by Crippen LogP contribution is 2.41. The molecule has 30 heavy (non-hydrogen) atoms. The Morgan fingerprint density at radius 2 is 1.70 bits per heavy atom. The molecule has 1 aromatic heterocycles. The van der Waals surface area contributed by atoms with Gasteiger partial charge in [-0.05, 0) is 65.4 Å². The van der Waals surface area contributed by atoms with Crippen molar-refractivity contribution in [1.82, 2.24) is 4.31 Å². The zero-order valence-electron chi connectivity index (χ0n) is 15.3. The van der Waals surface area contributed by atoms with Crippen LogP contribution in [0.3, 0.4) is 0 Å². The van der Waals surface area contributed by atoms with Crippen LogP contribution >= 0.6 is 22.9 Å². The van der Waals surface area contributed by atoms with E-state index in [0.29, 0.717) is 17.0 Å². The first-order valence-electron chi connectivity index (χ1n) is 8.84. The predicted molar refractivity (Wildman–Crippen MR) is 108 cm³/mol. The smallest absolute Gasteiger partial charge is 0.406 e. The van der Waals surface area contributed by atoms with Crippen molar-refractivity contribution in [3.8, 4) is 5.75 Å². The molecule has 0 aliphatic carbocycles. The SMILES string of the molecule is O=S(=O)(c1ccc(Cl)cc1)N1CCc2sccc2[C@H]1c1ccc(OC(F)(F)F)cc1. The first-order chi connectivity index (χ1) is 14.1. The van der Waals surface area contributed by atoms with Gasteiger partial charge in [0.15, 0.2) is 0 Å². The summed E-state index contributed by atoms with van der Waals surface area (Å²) in [7, 11) is -3.87. The third-order valence-electron chi connectivity index (χ3n) is 4.77. The van der Waals surface area contributed by atoms with Crippen LogP contribution in [-0.2, 0) is 16.4 Å². The summed E-state index contributed by atoms with van der Waals surface area (Å²) in [4.78, 5) is 1.16. The van der Waals surface area contributed by atoms with Crippen molar-refractivity contribution in [2.24, 2.45) is 0 Å². The van der Waals surface area contributed by atoms with Gasteiger partial charge in [-0.3, -0.25) is 0 Å². The third-order valence-corrected chi connectivity index (χ3v) is 7.90. The summed E-state index contributed by atoms with van der Waals surface area (Å²) < 4.78 is 69.5. The number of thiophene rings is 1. The van der Waals surface area contributed by atoms with E-state index in [1.54, 1.807) is 0 Å². The Morgan fingerprint density at radius 1 is 1.03 bits per heavy atom. The summed E-state index contributed by atoms with van der Waals surface area (Å²) >= 11 is 7.42. The molecule has 0 radical (unpaired) electrons. The van der Waals surface area contributed by atoms with Crippen molar-refractivity contribution in [3.63, 3.8) is 0 Å². The molecule has 1 aliphatic rings. The molecule has 2 aromatic carbocycles. The minimum atomic E-state index is -4.79. The molecule has 4 rings (SSSR count). The zero-order valence-corrected chi connectivity index (χ0v) is 17.7. The molecule has 0 spiro atoms. The van der Waals surface area contributed by atoms with Gasteiger partial charge in [-0.15, -0.1) is 24.5 Å². The fraction of sp³-hybridized carbons (Fsp3) is 0.200. The first kappa shape index (κ1) is 21.2. The molecule has 0 fully saturated rings. The zero-order chi connectivity index (χ0) is 21.5. The van der Waals surface area contributed by atoms with Gasteiger partial charge in [-0.25, -0.2) is 8.42 Å². The molecule has 0 bridgehead atoms. The monoisotopic (exact) mass is 473 g/mol. The Balaban J connectivity index is 1.75. The molecule has 0 unspecified atom stereocenters. The Morgan fingerprint density at radius 3 is 2.33 bits per heavy atom. The van der Waals surface area contributed by atoms with E-state index in [9.17, 15) is 21.6 Å². The molecule has 0 saturated carbocycles. The topological polar surface area (TPSA) is 46.6 Å². The van der Waals surface area contributed by atoms with Gasteiger partial charge in [0.1, 0.15) is 5.75 Å². The maximum absolute atomic E-state index is 13.4. The van der Waals surface area contributed by atoms with Gasteiger partial charge < -0.3 is 4.74 Å². The van der Waals surface area contributed by atoms with Crippen LogP contribution in [0, 0.1) is 0 Å². The number of benzene rings is 2. The lowest BCUT2D eigenvalue weighted by Crippen LogP contribution is -2.40. The summed E-state index contributed by atoms with van der Waals surface area (Å²) in [6.07, 6.45) is -4.23. The molecular formula is C20H15ClF3NO3S2. The van der Waals surface area contributed by atoms with Gasteiger partial charge in [0.2, 0.25) is 10.0 Å². The predicted octanol–water partition coefficient (Wildman–Crippen LogP) is 5.64. The second-order valence-electron chi connectivity index (χ2n) is 6.64. The van der Waals surface area contributed by atoms with E-state index in [-0.39, 0.29) is 17.2 Å². The lowest BCUT2D eigenvalue weighted by atomic mass is 9.95. The molecule has 158 valence electrons. The van der Waals surface area contributed by atoms with Crippen LogP contribution < -0.4 is 4.74 Å². The molecule has 4 nitrogen and oxygen atoms in total. The van der Waals surface area contributed by atoms with Gasteiger partial charge in [0, 0.05) is 16.4 Å². The van der Waals surface area contributed by atoms with Crippen LogP contribution in [0.25, 0.3) is 0 Å². The van der Waals surface area contributed by atoms with Gasteiger partial charge >= 0.3 is 6.36 Å². The standard InChI is InChI=1S/C20H15ClF3NO3S2/c21-14-3-7-16(8-4-14)30(26,27)25-11-9-18-17(10-12-29-18)19(25)13-1-5-15(6-2-13)28-20(22,23)24/h1-8,10,12,19H,9,11H2/t19-/m1/s1. The van der Waals surface area contributed by atoms with Gasteiger partial charge in [0.05, 0.1) is 10.9 Å². The fourth-order valence-corrected chi connectivity index (χ4v) is 6.12. The van der Waals surface area contributed by atoms with Crippen LogP contribution in [0.4, 0.5) is 13.2 Å². The van der Waals surface area contributed by atoms with Crippen molar-refractivity contribution in [3.05, 3.63) is 81.0 Å². The van der Waals surface area contributed by atoms with Crippen molar-refractivity contribution >= 4 is 33.0 Å². The van der Waals surface area contributed by atoms with E-state index in [0.717, 1.165) is 10.4 Å². The summed E-state index contributed by atoms with van der Waals surface area (Å²) in [6, 6.07) is 12.4. The highest BCUT2D eigenvalue weighted by atomic mass is 35.5. The Labute approximate surface area is 180 Å². The fourth-order valence-electron chi connectivity index (χ4n) is 3.49. The first-order valence-corrected chi connectivity index (χ1v) is 11.5. The molecule has 0 N–H and O–H groups in total. The van der Waals surface area contributed by atoms with E-state index >= 15 is 0 Å². The summed E-state index contributed by atoms with van der Waals surface area (Å²) in [5, 5.41) is 2.31. The number of ether oxygens (including phenoxy) is 1. The van der Waals surface area contributed by atoms with Crippen LogP contribution in [-0.4, -0.2) is 25.6 Å². The van der Waals surface area contributed by atoms with E-state index in [2.05, 4.69) is 4.74 Å². The Bertz CT molecular complexity index is 1140. The third kappa shape index (κ3) is 4.20. The van der Waals surface area contributed by atoms with Crippen molar-refractivity contribution in [2.45, 2.75) is 23.7 Å². The minimum Gasteiger partial charge on any atom is -0.406 e. The van der Waals surface area contributed by atoms with Gasteiger partial charge in [-0.1, -0.05) is 23.7 Å². The minimum absolute atomic E-state index is 0.104. The van der Waals surface area contributed by atoms with E-state index in [1.807, 2.05) is 11.4 Å². The summed E-state index contributed by atoms with van der Waals surface area (Å²) in [6.45, 7) is 0.254. The van der Waals surface area contributed by atoms with E-state index in [4.69, 9.17) is 11.6 Å². The van der Waals surface area contributed by atoms with E-state index in [1.165, 1.54) is 64.2 Å².